The lowest BCUT2D eigenvalue weighted by molar-refractivity contribution is -0.138. The molecule has 0 fully saturated rings. The van der Waals surface area contributed by atoms with Gasteiger partial charge in [0.25, 0.3) is 0 Å². The average Bonchev–Trinajstić information content (AvgIpc) is 2.54. The van der Waals surface area contributed by atoms with Crippen molar-refractivity contribution in [2.24, 2.45) is 0 Å². The van der Waals surface area contributed by atoms with Crippen molar-refractivity contribution in [3.63, 3.8) is 0 Å². The van der Waals surface area contributed by atoms with E-state index in [1.807, 2.05) is 38.1 Å². The molecule has 128 valence electrons. The monoisotopic (exact) mass is 329 g/mol. The molecule has 0 amide bonds. The van der Waals surface area contributed by atoms with Gasteiger partial charge >= 0.3 is 5.97 Å². The third-order valence-electron chi connectivity index (χ3n) is 3.85. The smallest absolute Gasteiger partial charge is 0.336 e. The number of nitrogens with one attached hydrogen (secondary N) is 1. The highest BCUT2D eigenvalue weighted by Gasteiger charge is 2.35. The Morgan fingerprint density at radius 1 is 1.25 bits per heavy atom. The van der Waals surface area contributed by atoms with Gasteiger partial charge in [-0.05, 0) is 33.3 Å². The second-order valence-electron chi connectivity index (χ2n) is 5.57. The molecule has 2 rings (SSSR count). The van der Waals surface area contributed by atoms with E-state index in [1.165, 1.54) is 0 Å². The van der Waals surface area contributed by atoms with Gasteiger partial charge in [0.1, 0.15) is 0 Å². The first kappa shape index (κ1) is 17.8. The lowest BCUT2D eigenvalue weighted by Gasteiger charge is -2.29. The van der Waals surface area contributed by atoms with Crippen molar-refractivity contribution < 1.29 is 19.1 Å². The number of hydrogen-bond donors (Lipinski definition) is 1. The molecular weight excluding hydrogens is 306 g/mol. The van der Waals surface area contributed by atoms with Crippen LogP contribution < -0.4 is 5.32 Å². The number of aryl methyl sites for hydroxylation is 1. The molecule has 0 bridgehead atoms. The van der Waals surface area contributed by atoms with Crippen molar-refractivity contribution in [3.8, 4) is 0 Å². The first-order chi connectivity index (χ1) is 11.5. The first-order valence-corrected chi connectivity index (χ1v) is 8.07. The Balaban J connectivity index is 2.63. The highest BCUT2D eigenvalue weighted by molar-refractivity contribution is 5.95. The number of benzene rings is 1. The topological polar surface area (TPSA) is 64.6 Å². The molecule has 1 N–H and O–H groups in total. The highest BCUT2D eigenvalue weighted by atomic mass is 16.5. The van der Waals surface area contributed by atoms with Crippen LogP contribution in [-0.2, 0) is 19.1 Å². The maximum absolute atomic E-state index is 12.5. The number of carbonyl (C=O) groups is 2. The van der Waals surface area contributed by atoms with Crippen molar-refractivity contribution in [1.82, 2.24) is 5.32 Å². The first-order valence-electron chi connectivity index (χ1n) is 8.07. The Labute approximate surface area is 142 Å². The van der Waals surface area contributed by atoms with Crippen LogP contribution in [0.1, 0.15) is 37.8 Å². The third kappa shape index (κ3) is 3.50. The normalized spacial score (nSPS) is 17.4. The van der Waals surface area contributed by atoms with Crippen molar-refractivity contribution in [1.29, 1.82) is 0 Å². The molecule has 0 saturated heterocycles. The van der Waals surface area contributed by atoms with E-state index in [0.29, 0.717) is 29.3 Å². The molecular formula is C19H23NO4. The minimum Gasteiger partial charge on any atom is -0.479 e. The largest absolute Gasteiger partial charge is 0.479 e. The number of rotatable bonds is 6. The summed E-state index contributed by atoms with van der Waals surface area (Å²) in [7, 11) is 0. The van der Waals surface area contributed by atoms with E-state index in [-0.39, 0.29) is 6.61 Å². The molecule has 5 nitrogen and oxygen atoms in total. The van der Waals surface area contributed by atoms with Gasteiger partial charge in [-0.1, -0.05) is 29.8 Å². The quantitative estimate of drug-likeness (QED) is 0.642. The standard InChI is InChI=1S/C19H23NO4/c1-5-23-18-15(11-21)17(14-9-7-8-12(3)10-14)16(13(4)20-18)19(22)24-6-2/h7-11,17,20H,5-6H2,1-4H3. The Bertz CT molecular complexity index is 703. The molecule has 0 radical (unpaired) electrons. The van der Waals surface area contributed by atoms with Crippen LogP contribution in [0.2, 0.25) is 0 Å². The van der Waals surface area contributed by atoms with Gasteiger partial charge < -0.3 is 14.8 Å². The van der Waals surface area contributed by atoms with Crippen LogP contribution in [0.3, 0.4) is 0 Å². The minimum absolute atomic E-state index is 0.272. The second-order valence-corrected chi connectivity index (χ2v) is 5.57. The fourth-order valence-corrected chi connectivity index (χ4v) is 2.87. The maximum atomic E-state index is 12.5. The predicted molar refractivity (Wildman–Crippen MR) is 91.1 cm³/mol. The number of hydrogen-bond acceptors (Lipinski definition) is 5. The summed E-state index contributed by atoms with van der Waals surface area (Å²) in [5, 5.41) is 3.03. The minimum atomic E-state index is -0.510. The summed E-state index contributed by atoms with van der Waals surface area (Å²) >= 11 is 0. The second kappa shape index (κ2) is 7.81. The number of ether oxygens (including phenoxy) is 2. The number of dihydropyridines is 1. The molecule has 24 heavy (non-hydrogen) atoms. The molecule has 0 saturated carbocycles. The van der Waals surface area contributed by atoms with E-state index in [2.05, 4.69) is 5.32 Å². The van der Waals surface area contributed by atoms with Gasteiger partial charge in [-0.25, -0.2) is 4.79 Å². The molecule has 1 atom stereocenters. The number of carbonyl (C=O) groups excluding carboxylic acids is 2. The van der Waals surface area contributed by atoms with E-state index in [1.54, 1.807) is 13.8 Å². The number of allylic oxidation sites excluding steroid dienone is 2. The van der Waals surface area contributed by atoms with Gasteiger partial charge in [0, 0.05) is 5.70 Å². The van der Waals surface area contributed by atoms with Crippen LogP contribution in [0.5, 0.6) is 0 Å². The summed E-state index contributed by atoms with van der Waals surface area (Å²) < 4.78 is 10.8. The summed E-state index contributed by atoms with van der Waals surface area (Å²) in [6.07, 6.45) is 0.747. The van der Waals surface area contributed by atoms with E-state index in [9.17, 15) is 9.59 Å². The van der Waals surface area contributed by atoms with Gasteiger partial charge in [0.15, 0.2) is 12.2 Å². The summed E-state index contributed by atoms with van der Waals surface area (Å²) in [6.45, 7) is 8.05. The van der Waals surface area contributed by atoms with Gasteiger partial charge in [0.2, 0.25) is 0 Å². The van der Waals surface area contributed by atoms with Crippen molar-refractivity contribution in [2.75, 3.05) is 13.2 Å². The van der Waals surface area contributed by atoms with E-state index in [0.717, 1.165) is 17.4 Å². The van der Waals surface area contributed by atoms with Crippen LogP contribution in [0, 0.1) is 6.92 Å². The zero-order valence-electron chi connectivity index (χ0n) is 14.5. The molecule has 1 aromatic rings. The Hall–Kier alpha value is -2.56. The molecule has 5 heteroatoms. The van der Waals surface area contributed by atoms with Crippen LogP contribution >= 0.6 is 0 Å². The predicted octanol–water partition coefficient (Wildman–Crippen LogP) is 2.97. The Morgan fingerprint density at radius 3 is 2.58 bits per heavy atom. The summed E-state index contributed by atoms with van der Waals surface area (Å²) in [5.41, 5.74) is 3.38. The molecule has 0 spiro atoms. The SMILES string of the molecule is CCOC(=O)C1=C(C)NC(OCC)=C(C=O)C1c1cccc(C)c1. The molecule has 0 aliphatic carbocycles. The van der Waals surface area contributed by atoms with Gasteiger partial charge in [-0.2, -0.15) is 0 Å². The number of esters is 1. The molecule has 1 unspecified atom stereocenters. The molecule has 1 aromatic carbocycles. The lowest BCUT2D eigenvalue weighted by Crippen LogP contribution is -2.31. The van der Waals surface area contributed by atoms with Crippen molar-refractivity contribution >= 4 is 12.3 Å². The zero-order valence-corrected chi connectivity index (χ0v) is 14.5. The lowest BCUT2D eigenvalue weighted by atomic mass is 9.81. The zero-order chi connectivity index (χ0) is 17.7. The fourth-order valence-electron chi connectivity index (χ4n) is 2.87. The van der Waals surface area contributed by atoms with Gasteiger partial charge in [-0.15, -0.1) is 0 Å². The van der Waals surface area contributed by atoms with Crippen molar-refractivity contribution in [3.05, 3.63) is 58.1 Å². The van der Waals surface area contributed by atoms with E-state index in [4.69, 9.17) is 9.47 Å². The van der Waals surface area contributed by atoms with E-state index >= 15 is 0 Å². The van der Waals surface area contributed by atoms with Crippen LogP contribution in [0.4, 0.5) is 0 Å². The molecule has 1 aliphatic heterocycles. The molecule has 0 aromatic heterocycles. The number of aldehydes is 1. The van der Waals surface area contributed by atoms with Crippen LogP contribution in [0.25, 0.3) is 0 Å². The molecule has 1 aliphatic rings. The molecule has 1 heterocycles. The summed E-state index contributed by atoms with van der Waals surface area (Å²) in [4.78, 5) is 24.3. The van der Waals surface area contributed by atoms with Crippen LogP contribution in [0.15, 0.2) is 47.0 Å². The van der Waals surface area contributed by atoms with E-state index < -0.39 is 11.9 Å². The Morgan fingerprint density at radius 2 is 2.00 bits per heavy atom. The van der Waals surface area contributed by atoms with Crippen molar-refractivity contribution in [2.45, 2.75) is 33.6 Å². The Kier molecular flexibility index (Phi) is 5.79. The maximum Gasteiger partial charge on any atom is 0.336 e. The van der Waals surface area contributed by atoms with Gasteiger partial charge in [-0.3, -0.25) is 4.79 Å². The average molecular weight is 329 g/mol. The fraction of sp³-hybridized carbons (Fsp3) is 0.368. The summed E-state index contributed by atoms with van der Waals surface area (Å²) in [6, 6.07) is 7.75. The highest BCUT2D eigenvalue weighted by Crippen LogP contribution is 2.38. The summed E-state index contributed by atoms with van der Waals surface area (Å²) in [5.74, 6) is -0.544. The van der Waals surface area contributed by atoms with Gasteiger partial charge in [0.05, 0.1) is 30.3 Å². The van der Waals surface area contributed by atoms with Crippen LogP contribution in [-0.4, -0.2) is 25.5 Å². The third-order valence-corrected chi connectivity index (χ3v) is 3.85.